The molecule has 2 aliphatic rings. The molecule has 0 amide bonds. The van der Waals surface area contributed by atoms with E-state index in [0.717, 1.165) is 19.3 Å². The molecule has 15 nitrogen and oxygen atoms in total. The van der Waals surface area contributed by atoms with Gasteiger partial charge in [-0.3, -0.25) is 9.05 Å². The number of benzene rings is 1. The standard InChI is InChI=1S/C42H61N6O9P/c1-4-5-6-7-8-9-10-11-12-13-14-15-16-17-18-19-22-53-27-33(55-36-31(25-43)23-30(2)24-32(36)26-44)28-54-58(51,52)57-38-37-42(38,50)40(49)41(3,56-37)35-21-20-34-39(45)46-29-47-48(34)35/h20-21,23-24,29,33,37-38,40,49-50H,4-19,22,27-28H2,1-3H3,(H,51,52)(H2,45,46,47)/t33-,37-,38?,40+,41+,42+/m1/s1. The number of phosphoric ester groups is 1. The molecule has 1 saturated carbocycles. The number of rotatable bonds is 27. The van der Waals surface area contributed by atoms with E-state index in [4.69, 9.17) is 29.0 Å². The highest BCUT2D eigenvalue weighted by Crippen LogP contribution is 2.63. The number of nitrogens with two attached hydrogens (primary N) is 1. The van der Waals surface area contributed by atoms with Crippen molar-refractivity contribution in [3.8, 4) is 17.9 Å². The normalized spacial score (nSPS) is 23.9. The van der Waals surface area contributed by atoms with E-state index in [1.807, 2.05) is 12.1 Å². The molecule has 58 heavy (non-hydrogen) atoms. The number of nitrogens with zero attached hydrogens (tertiary/aromatic N) is 5. The summed E-state index contributed by atoms with van der Waals surface area (Å²) in [4.78, 5) is 14.7. The predicted octanol–water partition coefficient (Wildman–Crippen LogP) is 7.31. The Hall–Kier alpha value is -3.63. The zero-order chi connectivity index (χ0) is 41.8. The Morgan fingerprint density at radius 2 is 1.52 bits per heavy atom. The second-order valence-corrected chi connectivity index (χ2v) is 17.3. The minimum Gasteiger partial charge on any atom is -0.483 e. The number of aliphatic hydroxyl groups is 2. The second kappa shape index (κ2) is 21.1. The number of aliphatic hydroxyl groups excluding tert-OH is 1. The molecule has 2 aromatic heterocycles. The highest BCUT2D eigenvalue weighted by atomic mass is 31.2. The van der Waals surface area contributed by atoms with E-state index in [9.17, 15) is 30.2 Å². The summed E-state index contributed by atoms with van der Waals surface area (Å²) in [6.45, 7) is 5.39. The maximum Gasteiger partial charge on any atom is 0.472 e. The molecule has 2 unspecified atom stereocenters. The van der Waals surface area contributed by atoms with Crippen molar-refractivity contribution in [2.75, 3.05) is 25.6 Å². The van der Waals surface area contributed by atoms with Gasteiger partial charge in [-0.05, 0) is 50.1 Å². The van der Waals surface area contributed by atoms with Gasteiger partial charge in [-0.2, -0.15) is 15.6 Å². The van der Waals surface area contributed by atoms with Crippen LogP contribution in [0.25, 0.3) is 5.52 Å². The highest BCUT2D eigenvalue weighted by Gasteiger charge is 2.82. The van der Waals surface area contributed by atoms with Gasteiger partial charge in [-0.25, -0.2) is 14.1 Å². The summed E-state index contributed by atoms with van der Waals surface area (Å²) in [5.74, 6) is 0.222. The zero-order valence-corrected chi connectivity index (χ0v) is 35.1. The molecule has 0 spiro atoms. The molecular formula is C42H61N6O9P. The molecule has 1 aromatic carbocycles. The molecule has 16 heteroatoms. The predicted molar refractivity (Wildman–Crippen MR) is 217 cm³/mol. The molecule has 1 aliphatic heterocycles. The summed E-state index contributed by atoms with van der Waals surface area (Å²) in [5.41, 5.74) is 4.25. The SMILES string of the molecule is CCCCCCCCCCCCCCCCCCOC[C@H](COP(=O)(O)OC1[C@H]2O[C@@](C)(c3ccc4c(N)ncnn34)[C@H](O)[C@@]12O)Oc1c(C#N)cc(C)cc1C#N. The molecule has 7 atom stereocenters. The second-order valence-electron chi connectivity index (χ2n) is 15.9. The van der Waals surface area contributed by atoms with Gasteiger partial charge in [0.15, 0.2) is 17.2 Å². The number of nitriles is 2. The first kappa shape index (κ1) is 45.5. The topological polar surface area (TPSA) is 228 Å². The van der Waals surface area contributed by atoms with Crippen LogP contribution in [0.2, 0.25) is 0 Å². The molecular weight excluding hydrogens is 763 g/mol. The Labute approximate surface area is 342 Å². The Kier molecular flexibility index (Phi) is 16.5. The smallest absolute Gasteiger partial charge is 0.472 e. The number of hydrogen-bond donors (Lipinski definition) is 4. The van der Waals surface area contributed by atoms with E-state index in [2.05, 4.69) is 17.0 Å². The Balaban J connectivity index is 1.07. The van der Waals surface area contributed by atoms with E-state index in [-0.39, 0.29) is 29.3 Å². The van der Waals surface area contributed by atoms with Crippen LogP contribution in [-0.2, 0) is 28.7 Å². The fourth-order valence-corrected chi connectivity index (χ4v) is 8.89. The van der Waals surface area contributed by atoms with Crippen molar-refractivity contribution in [2.24, 2.45) is 0 Å². The summed E-state index contributed by atoms with van der Waals surface area (Å²) >= 11 is 0. The number of anilines is 1. The van der Waals surface area contributed by atoms with Gasteiger partial charge in [0, 0.05) is 6.61 Å². The van der Waals surface area contributed by atoms with Gasteiger partial charge in [-0.1, -0.05) is 103 Å². The van der Waals surface area contributed by atoms with E-state index in [1.165, 1.54) is 94.3 Å². The fourth-order valence-electron chi connectivity index (χ4n) is 7.90. The molecule has 2 fully saturated rings. The first-order chi connectivity index (χ1) is 27.9. The van der Waals surface area contributed by atoms with Gasteiger partial charge in [0.05, 0.1) is 30.0 Å². The highest BCUT2D eigenvalue weighted by molar-refractivity contribution is 7.47. The summed E-state index contributed by atoms with van der Waals surface area (Å²) in [5, 5.41) is 46.5. The first-order valence-corrected chi connectivity index (χ1v) is 22.4. The van der Waals surface area contributed by atoms with Crippen LogP contribution < -0.4 is 10.5 Å². The minimum atomic E-state index is -4.90. The molecule has 3 heterocycles. The third kappa shape index (κ3) is 11.1. The molecule has 1 aliphatic carbocycles. The molecule has 5 rings (SSSR count). The van der Waals surface area contributed by atoms with Crippen LogP contribution >= 0.6 is 7.82 Å². The zero-order valence-electron chi connectivity index (χ0n) is 34.2. The van der Waals surface area contributed by atoms with Crippen LogP contribution in [0, 0.1) is 29.6 Å². The molecule has 5 N–H and O–H groups in total. The van der Waals surface area contributed by atoms with E-state index >= 15 is 0 Å². The lowest BCUT2D eigenvalue weighted by Crippen LogP contribution is -2.46. The lowest BCUT2D eigenvalue weighted by Gasteiger charge is -2.32. The minimum absolute atomic E-state index is 0.00989. The number of aryl methyl sites for hydroxylation is 1. The first-order valence-electron chi connectivity index (χ1n) is 20.9. The van der Waals surface area contributed by atoms with Gasteiger partial charge < -0.3 is 35.1 Å². The molecule has 3 aromatic rings. The summed E-state index contributed by atoms with van der Waals surface area (Å²) in [6.07, 6.45) is 16.1. The van der Waals surface area contributed by atoms with Crippen LogP contribution in [0.5, 0.6) is 5.75 Å². The van der Waals surface area contributed by atoms with Crippen LogP contribution in [0.1, 0.15) is 139 Å². The number of nitrogen functional groups attached to an aromatic ring is 1. The number of hydrogen-bond acceptors (Lipinski definition) is 13. The molecule has 318 valence electrons. The maximum absolute atomic E-state index is 13.3. The van der Waals surface area contributed by atoms with Crippen LogP contribution in [0.4, 0.5) is 5.82 Å². The van der Waals surface area contributed by atoms with Crippen molar-refractivity contribution in [1.82, 2.24) is 14.6 Å². The van der Waals surface area contributed by atoms with Crippen molar-refractivity contribution < 1.29 is 42.9 Å². The van der Waals surface area contributed by atoms with Gasteiger partial charge in [0.2, 0.25) is 0 Å². The van der Waals surface area contributed by atoms with Crippen molar-refractivity contribution in [2.45, 2.75) is 159 Å². The van der Waals surface area contributed by atoms with Gasteiger partial charge >= 0.3 is 7.82 Å². The Bertz CT molecular complexity index is 1900. The number of ether oxygens (including phenoxy) is 3. The monoisotopic (exact) mass is 824 g/mol. The Morgan fingerprint density at radius 1 is 0.948 bits per heavy atom. The van der Waals surface area contributed by atoms with Crippen molar-refractivity contribution in [3.63, 3.8) is 0 Å². The number of fused-ring (bicyclic) bond motifs is 2. The third-order valence-electron chi connectivity index (χ3n) is 11.3. The molecule has 0 bridgehead atoms. The van der Waals surface area contributed by atoms with Crippen molar-refractivity contribution in [3.05, 3.63) is 53.0 Å². The Morgan fingerprint density at radius 3 is 2.05 bits per heavy atom. The lowest BCUT2D eigenvalue weighted by atomic mass is 9.91. The van der Waals surface area contributed by atoms with Crippen LogP contribution in [0.15, 0.2) is 30.6 Å². The number of unbranched alkanes of at least 4 members (excludes halogenated alkanes) is 15. The maximum atomic E-state index is 13.3. The third-order valence-corrected chi connectivity index (χ3v) is 12.2. The molecule has 1 saturated heterocycles. The summed E-state index contributed by atoms with van der Waals surface area (Å²) in [6, 6.07) is 10.5. The quantitative estimate of drug-likeness (QED) is 0.0437. The van der Waals surface area contributed by atoms with E-state index in [0.29, 0.717) is 23.4 Å². The summed E-state index contributed by atoms with van der Waals surface area (Å²) < 4.78 is 43.4. The van der Waals surface area contributed by atoms with Crippen molar-refractivity contribution in [1.29, 1.82) is 10.5 Å². The fraction of sp³-hybridized carbons (Fsp3) is 0.667. The van der Waals surface area contributed by atoms with E-state index < -0.39 is 50.0 Å². The van der Waals surface area contributed by atoms with E-state index in [1.54, 1.807) is 38.1 Å². The van der Waals surface area contributed by atoms with Gasteiger partial charge in [0.1, 0.15) is 54.0 Å². The number of aromatic nitrogens is 3. The lowest BCUT2D eigenvalue weighted by molar-refractivity contribution is -0.126. The number of phosphoric acid groups is 1. The van der Waals surface area contributed by atoms with Crippen molar-refractivity contribution >= 4 is 19.2 Å². The summed E-state index contributed by atoms with van der Waals surface area (Å²) in [7, 11) is -4.90. The largest absolute Gasteiger partial charge is 0.483 e. The average Bonchev–Trinajstić information content (AvgIpc) is 3.45. The average molecular weight is 825 g/mol. The van der Waals surface area contributed by atoms with Gasteiger partial charge in [0.25, 0.3) is 0 Å². The van der Waals surface area contributed by atoms with Crippen LogP contribution in [-0.4, -0.2) is 79.5 Å². The van der Waals surface area contributed by atoms with Crippen LogP contribution in [0.3, 0.4) is 0 Å². The van der Waals surface area contributed by atoms with Gasteiger partial charge in [-0.15, -0.1) is 0 Å². The molecule has 0 radical (unpaired) electrons.